The summed E-state index contributed by atoms with van der Waals surface area (Å²) < 4.78 is 5.44. The van der Waals surface area contributed by atoms with Gasteiger partial charge in [0.05, 0.1) is 12.1 Å². The molecule has 1 aromatic carbocycles. The molecule has 5 nitrogen and oxygen atoms in total. The summed E-state index contributed by atoms with van der Waals surface area (Å²) in [5.41, 5.74) is 7.89. The number of hydrogen-bond acceptors (Lipinski definition) is 3. The van der Waals surface area contributed by atoms with Crippen LogP contribution in [-0.4, -0.2) is 29.6 Å². The van der Waals surface area contributed by atoms with Gasteiger partial charge in [-0.3, -0.25) is 4.79 Å². The summed E-state index contributed by atoms with van der Waals surface area (Å²) in [6, 6.07) is 7.45. The molecular formula is C14H17N3O2. The summed E-state index contributed by atoms with van der Waals surface area (Å²) in [5.74, 6) is -0.0999. The van der Waals surface area contributed by atoms with Gasteiger partial charge in [-0.2, -0.15) is 0 Å². The zero-order valence-electron chi connectivity index (χ0n) is 10.8. The first-order chi connectivity index (χ1) is 9.13. The maximum absolute atomic E-state index is 12.2. The number of amides is 1. The number of aromatic nitrogens is 1. The Labute approximate surface area is 111 Å². The summed E-state index contributed by atoms with van der Waals surface area (Å²) in [4.78, 5) is 15.3. The van der Waals surface area contributed by atoms with Crippen molar-refractivity contribution < 1.29 is 9.53 Å². The van der Waals surface area contributed by atoms with Crippen LogP contribution in [-0.2, 0) is 4.74 Å². The molecule has 2 heterocycles. The van der Waals surface area contributed by atoms with E-state index in [0.717, 1.165) is 17.3 Å². The topological polar surface area (TPSA) is 80.1 Å². The van der Waals surface area contributed by atoms with Gasteiger partial charge in [0.15, 0.2) is 0 Å². The number of H-pyrrole nitrogens is 1. The van der Waals surface area contributed by atoms with Gasteiger partial charge in [-0.15, -0.1) is 0 Å². The largest absolute Gasteiger partial charge is 0.399 e. The van der Waals surface area contributed by atoms with Crippen molar-refractivity contribution in [2.75, 3.05) is 12.3 Å². The molecule has 5 heteroatoms. The Morgan fingerprint density at radius 1 is 1.47 bits per heavy atom. The van der Waals surface area contributed by atoms with Crippen LogP contribution < -0.4 is 11.1 Å². The number of aromatic amines is 1. The Hall–Kier alpha value is -2.01. The first-order valence-electron chi connectivity index (χ1n) is 6.44. The minimum atomic E-state index is -0.0999. The lowest BCUT2D eigenvalue weighted by molar-refractivity contribution is 0.0862. The molecule has 0 radical (unpaired) electrons. The van der Waals surface area contributed by atoms with Gasteiger partial charge < -0.3 is 20.8 Å². The zero-order chi connectivity index (χ0) is 13.4. The first kappa shape index (κ1) is 12.0. The number of rotatable bonds is 2. The van der Waals surface area contributed by atoms with E-state index in [0.29, 0.717) is 18.0 Å². The highest BCUT2D eigenvalue weighted by Gasteiger charge is 2.26. The summed E-state index contributed by atoms with van der Waals surface area (Å²) >= 11 is 0. The fourth-order valence-corrected chi connectivity index (χ4v) is 2.44. The number of fused-ring (bicyclic) bond motifs is 1. The number of anilines is 1. The molecule has 1 fully saturated rings. The number of nitrogens with two attached hydrogens (primary N) is 1. The Morgan fingerprint density at radius 2 is 2.32 bits per heavy atom. The van der Waals surface area contributed by atoms with E-state index in [1.165, 1.54) is 0 Å². The van der Waals surface area contributed by atoms with Crippen LogP contribution in [0.4, 0.5) is 5.69 Å². The number of nitrogen functional groups attached to an aromatic ring is 1. The third-order valence-electron chi connectivity index (χ3n) is 3.58. The predicted molar refractivity (Wildman–Crippen MR) is 74.0 cm³/mol. The Kier molecular flexibility index (Phi) is 2.91. The van der Waals surface area contributed by atoms with Gasteiger partial charge in [0.25, 0.3) is 5.91 Å². The molecular weight excluding hydrogens is 242 g/mol. The van der Waals surface area contributed by atoms with Crippen LogP contribution in [0.1, 0.15) is 23.8 Å². The van der Waals surface area contributed by atoms with Crippen LogP contribution in [0.3, 0.4) is 0 Å². The van der Waals surface area contributed by atoms with Gasteiger partial charge in [-0.25, -0.2) is 0 Å². The van der Waals surface area contributed by atoms with Crippen molar-refractivity contribution in [2.24, 2.45) is 0 Å². The van der Waals surface area contributed by atoms with E-state index >= 15 is 0 Å². The molecule has 1 saturated heterocycles. The van der Waals surface area contributed by atoms with Gasteiger partial charge in [-0.1, -0.05) is 0 Å². The van der Waals surface area contributed by atoms with E-state index in [1.807, 2.05) is 31.2 Å². The van der Waals surface area contributed by atoms with E-state index < -0.39 is 0 Å². The normalized spacial score (nSPS) is 22.8. The number of benzene rings is 1. The molecule has 1 aliphatic rings. The molecule has 2 aromatic rings. The molecule has 19 heavy (non-hydrogen) atoms. The fraction of sp³-hybridized carbons (Fsp3) is 0.357. The SMILES string of the molecule is CC1OCCC1NC(=O)c1cc2cc(N)ccc2[nH]1. The second-order valence-electron chi connectivity index (χ2n) is 4.97. The average Bonchev–Trinajstić information content (AvgIpc) is 2.96. The summed E-state index contributed by atoms with van der Waals surface area (Å²) in [7, 11) is 0. The monoisotopic (exact) mass is 259 g/mol. The lowest BCUT2D eigenvalue weighted by Gasteiger charge is -2.15. The van der Waals surface area contributed by atoms with Gasteiger partial charge in [0.1, 0.15) is 5.69 Å². The van der Waals surface area contributed by atoms with Crippen LogP contribution in [0, 0.1) is 0 Å². The lowest BCUT2D eigenvalue weighted by Crippen LogP contribution is -2.39. The predicted octanol–water partition coefficient (Wildman–Crippen LogP) is 1.66. The van der Waals surface area contributed by atoms with Crippen molar-refractivity contribution >= 4 is 22.5 Å². The molecule has 1 aliphatic heterocycles. The molecule has 1 amide bonds. The van der Waals surface area contributed by atoms with Gasteiger partial charge in [0, 0.05) is 23.2 Å². The van der Waals surface area contributed by atoms with Crippen molar-refractivity contribution in [3.05, 3.63) is 30.0 Å². The van der Waals surface area contributed by atoms with Gasteiger partial charge in [-0.05, 0) is 37.6 Å². The lowest BCUT2D eigenvalue weighted by atomic mass is 10.1. The first-order valence-corrected chi connectivity index (χ1v) is 6.44. The molecule has 2 atom stereocenters. The van der Waals surface area contributed by atoms with E-state index in [2.05, 4.69) is 10.3 Å². The minimum Gasteiger partial charge on any atom is -0.399 e. The molecule has 0 spiro atoms. The van der Waals surface area contributed by atoms with Crippen LogP contribution in [0.2, 0.25) is 0 Å². The maximum atomic E-state index is 12.2. The van der Waals surface area contributed by atoms with Crippen LogP contribution in [0.25, 0.3) is 10.9 Å². The maximum Gasteiger partial charge on any atom is 0.268 e. The van der Waals surface area contributed by atoms with Crippen molar-refractivity contribution in [1.82, 2.24) is 10.3 Å². The number of carbonyl (C=O) groups is 1. The van der Waals surface area contributed by atoms with Crippen molar-refractivity contribution in [3.8, 4) is 0 Å². The van der Waals surface area contributed by atoms with E-state index in [4.69, 9.17) is 10.5 Å². The molecule has 4 N–H and O–H groups in total. The molecule has 2 unspecified atom stereocenters. The molecule has 0 saturated carbocycles. The Balaban J connectivity index is 1.81. The quantitative estimate of drug-likeness (QED) is 0.717. The Bertz CT molecular complexity index is 620. The molecule has 0 bridgehead atoms. The molecule has 3 rings (SSSR count). The van der Waals surface area contributed by atoms with Gasteiger partial charge in [0.2, 0.25) is 0 Å². The third-order valence-corrected chi connectivity index (χ3v) is 3.58. The standard InChI is InChI=1S/C14H17N3O2/c1-8-11(4-5-19-8)17-14(18)13-7-9-6-10(15)2-3-12(9)16-13/h2-3,6-8,11,16H,4-5,15H2,1H3,(H,17,18). The number of carbonyl (C=O) groups excluding carboxylic acids is 1. The third kappa shape index (κ3) is 2.29. The molecule has 1 aromatic heterocycles. The second-order valence-corrected chi connectivity index (χ2v) is 4.97. The molecule has 0 aliphatic carbocycles. The average molecular weight is 259 g/mol. The van der Waals surface area contributed by atoms with Crippen molar-refractivity contribution in [1.29, 1.82) is 0 Å². The number of ether oxygens (including phenoxy) is 1. The smallest absolute Gasteiger partial charge is 0.268 e. The summed E-state index contributed by atoms with van der Waals surface area (Å²) in [6.07, 6.45) is 0.934. The van der Waals surface area contributed by atoms with E-state index in [1.54, 1.807) is 0 Å². The van der Waals surface area contributed by atoms with Crippen molar-refractivity contribution in [3.63, 3.8) is 0 Å². The minimum absolute atomic E-state index is 0.0731. The van der Waals surface area contributed by atoms with Crippen LogP contribution in [0.15, 0.2) is 24.3 Å². The molecule has 100 valence electrons. The summed E-state index contributed by atoms with van der Waals surface area (Å²) in [6.45, 7) is 2.68. The van der Waals surface area contributed by atoms with Crippen LogP contribution >= 0.6 is 0 Å². The number of nitrogens with one attached hydrogen (secondary N) is 2. The van der Waals surface area contributed by atoms with E-state index in [-0.39, 0.29) is 18.1 Å². The van der Waals surface area contributed by atoms with Crippen LogP contribution in [0.5, 0.6) is 0 Å². The van der Waals surface area contributed by atoms with Gasteiger partial charge >= 0.3 is 0 Å². The Morgan fingerprint density at radius 3 is 3.05 bits per heavy atom. The highest BCUT2D eigenvalue weighted by molar-refractivity contribution is 5.98. The van der Waals surface area contributed by atoms with Crippen molar-refractivity contribution in [2.45, 2.75) is 25.5 Å². The highest BCUT2D eigenvalue weighted by Crippen LogP contribution is 2.19. The van der Waals surface area contributed by atoms with E-state index in [9.17, 15) is 4.79 Å². The highest BCUT2D eigenvalue weighted by atomic mass is 16.5. The fourth-order valence-electron chi connectivity index (χ4n) is 2.44. The summed E-state index contributed by atoms with van der Waals surface area (Å²) in [5, 5.41) is 3.94. The number of hydrogen-bond donors (Lipinski definition) is 3. The zero-order valence-corrected chi connectivity index (χ0v) is 10.8. The second kappa shape index (κ2) is 4.59.